The van der Waals surface area contributed by atoms with Gasteiger partial charge in [0.05, 0.1) is 11.2 Å². The first-order valence-electron chi connectivity index (χ1n) is 8.33. The Bertz CT molecular complexity index is 827. The molecule has 0 bridgehead atoms. The van der Waals surface area contributed by atoms with Crippen molar-refractivity contribution in [3.8, 4) is 0 Å². The van der Waals surface area contributed by atoms with E-state index in [0.717, 1.165) is 31.3 Å². The molecule has 0 atom stereocenters. The van der Waals surface area contributed by atoms with Crippen molar-refractivity contribution in [1.82, 2.24) is 9.97 Å². The van der Waals surface area contributed by atoms with Crippen LogP contribution in [-0.2, 0) is 19.3 Å². The number of anilines is 1. The standard InChI is InChI=1S/C20H21N3/c1-23(14-11-15-9-12-21-13-10-15)20-16-5-2-3-7-18(16)22-19-8-4-6-17(19)20/h2-3,5,7,9-10,12-13H,4,6,8,11,14H2,1H3. The van der Waals surface area contributed by atoms with Crippen LogP contribution in [0.2, 0.25) is 0 Å². The summed E-state index contributed by atoms with van der Waals surface area (Å²) in [6.07, 6.45) is 8.27. The average molecular weight is 303 g/mol. The highest BCUT2D eigenvalue weighted by atomic mass is 15.1. The minimum absolute atomic E-state index is 1.00. The second-order valence-electron chi connectivity index (χ2n) is 6.28. The maximum absolute atomic E-state index is 4.88. The first kappa shape index (κ1) is 14.2. The fourth-order valence-corrected chi connectivity index (χ4v) is 3.58. The average Bonchev–Trinajstić information content (AvgIpc) is 3.06. The topological polar surface area (TPSA) is 29.0 Å². The third kappa shape index (κ3) is 2.67. The number of para-hydroxylation sites is 1. The van der Waals surface area contributed by atoms with E-state index in [1.165, 1.54) is 34.3 Å². The minimum atomic E-state index is 1.00. The summed E-state index contributed by atoms with van der Waals surface area (Å²) in [7, 11) is 2.21. The maximum Gasteiger partial charge on any atom is 0.0726 e. The lowest BCUT2D eigenvalue weighted by Gasteiger charge is -2.24. The van der Waals surface area contributed by atoms with Crippen LogP contribution in [0, 0.1) is 0 Å². The van der Waals surface area contributed by atoms with E-state index in [0.29, 0.717) is 0 Å². The van der Waals surface area contributed by atoms with Crippen LogP contribution < -0.4 is 4.90 Å². The molecule has 3 nitrogen and oxygen atoms in total. The number of aryl methyl sites for hydroxylation is 1. The lowest BCUT2D eigenvalue weighted by Crippen LogP contribution is -2.22. The number of hydrogen-bond acceptors (Lipinski definition) is 3. The van der Waals surface area contributed by atoms with Gasteiger partial charge in [0, 0.05) is 37.1 Å². The molecule has 4 rings (SSSR count). The van der Waals surface area contributed by atoms with Crippen molar-refractivity contribution in [2.45, 2.75) is 25.7 Å². The molecule has 0 aliphatic heterocycles. The Kier molecular flexibility index (Phi) is 3.70. The summed E-state index contributed by atoms with van der Waals surface area (Å²) in [5, 5.41) is 1.28. The monoisotopic (exact) mass is 303 g/mol. The van der Waals surface area contributed by atoms with E-state index in [1.807, 2.05) is 12.4 Å². The Hall–Kier alpha value is -2.42. The zero-order valence-corrected chi connectivity index (χ0v) is 13.5. The number of rotatable bonds is 4. The van der Waals surface area contributed by atoms with Crippen LogP contribution in [0.4, 0.5) is 5.69 Å². The minimum Gasteiger partial charge on any atom is -0.373 e. The van der Waals surface area contributed by atoms with E-state index in [-0.39, 0.29) is 0 Å². The molecule has 0 fully saturated rings. The van der Waals surface area contributed by atoms with Gasteiger partial charge in [-0.1, -0.05) is 18.2 Å². The van der Waals surface area contributed by atoms with Gasteiger partial charge in [0.1, 0.15) is 0 Å². The van der Waals surface area contributed by atoms with Crippen molar-refractivity contribution in [1.29, 1.82) is 0 Å². The van der Waals surface area contributed by atoms with Crippen LogP contribution in [0.25, 0.3) is 10.9 Å². The molecule has 2 aromatic heterocycles. The van der Waals surface area contributed by atoms with Crippen molar-refractivity contribution in [2.24, 2.45) is 0 Å². The normalized spacial score (nSPS) is 13.3. The third-order valence-electron chi connectivity index (χ3n) is 4.76. The van der Waals surface area contributed by atoms with Crippen molar-refractivity contribution < 1.29 is 0 Å². The highest BCUT2D eigenvalue weighted by Crippen LogP contribution is 2.36. The number of likely N-dealkylation sites (N-methyl/N-ethyl adjacent to an activating group) is 1. The SMILES string of the molecule is CN(CCc1ccncc1)c1c2c(nc3ccccc13)CCC2. The zero-order valence-electron chi connectivity index (χ0n) is 13.5. The quantitative estimate of drug-likeness (QED) is 0.734. The van der Waals surface area contributed by atoms with Gasteiger partial charge in [-0.2, -0.15) is 0 Å². The molecule has 0 spiro atoms. The van der Waals surface area contributed by atoms with Crippen LogP contribution in [0.3, 0.4) is 0 Å². The van der Waals surface area contributed by atoms with Gasteiger partial charge < -0.3 is 4.90 Å². The summed E-state index contributed by atoms with van der Waals surface area (Å²) in [6.45, 7) is 1.00. The van der Waals surface area contributed by atoms with Gasteiger partial charge in [0.2, 0.25) is 0 Å². The molecule has 23 heavy (non-hydrogen) atoms. The number of pyridine rings is 2. The molecule has 3 heteroatoms. The van der Waals surface area contributed by atoms with Crippen molar-refractivity contribution in [2.75, 3.05) is 18.5 Å². The van der Waals surface area contributed by atoms with Gasteiger partial charge in [-0.3, -0.25) is 9.97 Å². The van der Waals surface area contributed by atoms with E-state index in [2.05, 4.69) is 53.3 Å². The Morgan fingerprint density at radius 1 is 1.04 bits per heavy atom. The summed E-state index contributed by atoms with van der Waals surface area (Å²) in [4.78, 5) is 11.4. The maximum atomic E-state index is 4.88. The van der Waals surface area contributed by atoms with Gasteiger partial charge >= 0.3 is 0 Å². The van der Waals surface area contributed by atoms with Gasteiger partial charge in [-0.05, 0) is 55.0 Å². The molecule has 0 amide bonds. The lowest BCUT2D eigenvalue weighted by atomic mass is 10.1. The second-order valence-corrected chi connectivity index (χ2v) is 6.28. The van der Waals surface area contributed by atoms with Crippen molar-refractivity contribution in [3.63, 3.8) is 0 Å². The van der Waals surface area contributed by atoms with Crippen LogP contribution in [0.1, 0.15) is 23.2 Å². The van der Waals surface area contributed by atoms with E-state index in [1.54, 1.807) is 0 Å². The fourth-order valence-electron chi connectivity index (χ4n) is 3.58. The molecule has 0 unspecified atom stereocenters. The summed E-state index contributed by atoms with van der Waals surface area (Å²) in [5.74, 6) is 0. The lowest BCUT2D eigenvalue weighted by molar-refractivity contribution is 0.865. The molecule has 0 saturated carbocycles. The van der Waals surface area contributed by atoms with E-state index >= 15 is 0 Å². The molecule has 1 aliphatic carbocycles. The Balaban J connectivity index is 1.70. The molecular weight excluding hydrogens is 282 g/mol. The Labute approximate surface area is 137 Å². The molecule has 116 valence electrons. The van der Waals surface area contributed by atoms with Crippen LogP contribution in [-0.4, -0.2) is 23.6 Å². The van der Waals surface area contributed by atoms with Crippen molar-refractivity contribution in [3.05, 3.63) is 65.6 Å². The number of hydrogen-bond donors (Lipinski definition) is 0. The first-order chi connectivity index (χ1) is 11.3. The Morgan fingerprint density at radius 2 is 1.87 bits per heavy atom. The molecule has 1 aromatic carbocycles. The molecule has 0 N–H and O–H groups in total. The molecule has 3 aromatic rings. The second kappa shape index (κ2) is 5.99. The van der Waals surface area contributed by atoms with Gasteiger partial charge in [-0.25, -0.2) is 0 Å². The summed E-state index contributed by atoms with van der Waals surface area (Å²) in [6, 6.07) is 12.7. The molecule has 2 heterocycles. The number of benzene rings is 1. The largest absolute Gasteiger partial charge is 0.373 e. The highest BCUT2D eigenvalue weighted by molar-refractivity contribution is 5.94. The molecule has 1 aliphatic rings. The van der Waals surface area contributed by atoms with Gasteiger partial charge in [-0.15, -0.1) is 0 Å². The zero-order chi connectivity index (χ0) is 15.6. The van der Waals surface area contributed by atoms with E-state index in [9.17, 15) is 0 Å². The van der Waals surface area contributed by atoms with Gasteiger partial charge in [0.15, 0.2) is 0 Å². The first-order valence-corrected chi connectivity index (χ1v) is 8.33. The van der Waals surface area contributed by atoms with Crippen LogP contribution >= 0.6 is 0 Å². The van der Waals surface area contributed by atoms with Crippen molar-refractivity contribution >= 4 is 16.6 Å². The van der Waals surface area contributed by atoms with Crippen LogP contribution in [0.5, 0.6) is 0 Å². The molecular formula is C20H21N3. The van der Waals surface area contributed by atoms with Crippen LogP contribution in [0.15, 0.2) is 48.8 Å². The van der Waals surface area contributed by atoms with Gasteiger partial charge in [0.25, 0.3) is 0 Å². The summed E-state index contributed by atoms with van der Waals surface area (Å²) < 4.78 is 0. The fraction of sp³-hybridized carbons (Fsp3) is 0.300. The molecule has 0 saturated heterocycles. The predicted octanol–water partition coefficient (Wildman–Crippen LogP) is 3.80. The molecule has 0 radical (unpaired) electrons. The number of aromatic nitrogens is 2. The third-order valence-corrected chi connectivity index (χ3v) is 4.76. The summed E-state index contributed by atoms with van der Waals surface area (Å²) in [5.41, 5.74) is 6.60. The van der Waals surface area contributed by atoms with E-state index < -0.39 is 0 Å². The number of fused-ring (bicyclic) bond motifs is 2. The summed E-state index contributed by atoms with van der Waals surface area (Å²) >= 11 is 0. The predicted molar refractivity (Wildman–Crippen MR) is 95.0 cm³/mol. The smallest absolute Gasteiger partial charge is 0.0726 e. The highest BCUT2D eigenvalue weighted by Gasteiger charge is 2.21. The van der Waals surface area contributed by atoms with E-state index in [4.69, 9.17) is 4.98 Å². The number of nitrogens with zero attached hydrogens (tertiary/aromatic N) is 3. The Morgan fingerprint density at radius 3 is 2.74 bits per heavy atom.